The molecule has 0 saturated carbocycles. The summed E-state index contributed by atoms with van der Waals surface area (Å²) in [4.78, 5) is 21.4. The summed E-state index contributed by atoms with van der Waals surface area (Å²) in [6.45, 7) is 3.84. The molecule has 0 radical (unpaired) electrons. The third-order valence-electron chi connectivity index (χ3n) is 3.72. The highest BCUT2D eigenvalue weighted by atomic mass is 32.2. The molecule has 7 heteroatoms. The van der Waals surface area contributed by atoms with Gasteiger partial charge >= 0.3 is 5.97 Å². The maximum Gasteiger partial charge on any atom is 0.316 e. The average Bonchev–Trinajstić information content (AvgIpc) is 3.05. The van der Waals surface area contributed by atoms with Gasteiger partial charge in [0.15, 0.2) is 0 Å². The van der Waals surface area contributed by atoms with Crippen molar-refractivity contribution in [3.63, 3.8) is 0 Å². The SMILES string of the molecule is CC[C@H](C)OC(=O)CSc1ncnc2scc(-c3ccc(F)cc3)c12. The smallest absolute Gasteiger partial charge is 0.316 e. The van der Waals surface area contributed by atoms with Gasteiger partial charge in [-0.05, 0) is 31.0 Å². The van der Waals surface area contributed by atoms with Crippen LogP contribution in [0, 0.1) is 5.82 Å². The summed E-state index contributed by atoms with van der Waals surface area (Å²) in [6, 6.07) is 6.32. The number of fused-ring (bicyclic) bond motifs is 1. The van der Waals surface area contributed by atoms with E-state index in [1.54, 1.807) is 12.1 Å². The second-order valence-electron chi connectivity index (χ2n) is 5.51. The number of aromatic nitrogens is 2. The van der Waals surface area contributed by atoms with Gasteiger partial charge in [-0.1, -0.05) is 30.8 Å². The molecular formula is C18H17FN2O2S2. The Bertz CT molecular complexity index is 880. The molecule has 4 nitrogen and oxygen atoms in total. The lowest BCUT2D eigenvalue weighted by atomic mass is 10.1. The number of rotatable bonds is 6. The highest BCUT2D eigenvalue weighted by Gasteiger charge is 2.16. The normalized spacial score (nSPS) is 12.3. The number of thiophene rings is 1. The summed E-state index contributed by atoms with van der Waals surface area (Å²) in [6.07, 6.45) is 2.19. The van der Waals surface area contributed by atoms with Crippen molar-refractivity contribution < 1.29 is 13.9 Å². The fourth-order valence-corrected chi connectivity index (χ4v) is 4.04. The topological polar surface area (TPSA) is 52.1 Å². The molecule has 0 bridgehead atoms. The molecule has 25 heavy (non-hydrogen) atoms. The molecule has 0 fully saturated rings. The Morgan fingerprint density at radius 1 is 1.32 bits per heavy atom. The second-order valence-corrected chi connectivity index (χ2v) is 7.33. The molecule has 0 aliphatic carbocycles. The zero-order valence-electron chi connectivity index (χ0n) is 13.9. The van der Waals surface area contributed by atoms with E-state index in [0.29, 0.717) is 0 Å². The summed E-state index contributed by atoms with van der Waals surface area (Å²) < 4.78 is 18.5. The quantitative estimate of drug-likeness (QED) is 0.347. The number of ether oxygens (including phenoxy) is 1. The van der Waals surface area contributed by atoms with Gasteiger partial charge in [-0.2, -0.15) is 0 Å². The minimum Gasteiger partial charge on any atom is -0.462 e. The minimum absolute atomic E-state index is 0.0885. The average molecular weight is 376 g/mol. The number of nitrogens with zero attached hydrogens (tertiary/aromatic N) is 2. The number of esters is 1. The van der Waals surface area contributed by atoms with Crippen molar-refractivity contribution >= 4 is 39.3 Å². The summed E-state index contributed by atoms with van der Waals surface area (Å²) in [7, 11) is 0. The van der Waals surface area contributed by atoms with Gasteiger partial charge < -0.3 is 4.74 Å². The Hall–Kier alpha value is -1.99. The molecule has 2 aromatic heterocycles. The van der Waals surface area contributed by atoms with Crippen LogP contribution in [0.5, 0.6) is 0 Å². The molecule has 0 aliphatic heterocycles. The van der Waals surface area contributed by atoms with E-state index < -0.39 is 0 Å². The largest absolute Gasteiger partial charge is 0.462 e. The molecule has 3 rings (SSSR count). The lowest BCUT2D eigenvalue weighted by molar-refractivity contribution is -0.144. The van der Waals surface area contributed by atoms with Crippen molar-refractivity contribution in [2.45, 2.75) is 31.4 Å². The van der Waals surface area contributed by atoms with Crippen LogP contribution >= 0.6 is 23.1 Å². The van der Waals surface area contributed by atoms with Crippen LogP contribution in [0.15, 0.2) is 41.0 Å². The van der Waals surface area contributed by atoms with Gasteiger partial charge in [0, 0.05) is 10.9 Å². The van der Waals surface area contributed by atoms with E-state index in [2.05, 4.69) is 9.97 Å². The van der Waals surface area contributed by atoms with Crippen LogP contribution in [-0.2, 0) is 9.53 Å². The number of carbonyl (C=O) groups is 1. The third-order valence-corrected chi connectivity index (χ3v) is 5.57. The summed E-state index contributed by atoms with van der Waals surface area (Å²) in [5.74, 6) is -0.346. The number of halogens is 1. The van der Waals surface area contributed by atoms with Crippen LogP contribution in [0.3, 0.4) is 0 Å². The first kappa shape index (κ1) is 17.8. The third kappa shape index (κ3) is 4.16. The van der Waals surface area contributed by atoms with Crippen molar-refractivity contribution in [2.75, 3.05) is 5.75 Å². The predicted molar refractivity (Wildman–Crippen MR) is 99.4 cm³/mol. The van der Waals surface area contributed by atoms with Crippen LogP contribution in [0.2, 0.25) is 0 Å². The van der Waals surface area contributed by atoms with Gasteiger partial charge in [-0.3, -0.25) is 4.79 Å². The molecule has 1 aromatic carbocycles. The molecular weight excluding hydrogens is 359 g/mol. The maximum atomic E-state index is 13.2. The van der Waals surface area contributed by atoms with Crippen molar-refractivity contribution in [3.05, 3.63) is 41.8 Å². The summed E-state index contributed by atoms with van der Waals surface area (Å²) in [5, 5.41) is 3.60. The van der Waals surface area contributed by atoms with Crippen LogP contribution in [0.4, 0.5) is 4.39 Å². The number of benzene rings is 1. The van der Waals surface area contributed by atoms with Crippen LogP contribution in [0.1, 0.15) is 20.3 Å². The number of hydrogen-bond donors (Lipinski definition) is 0. The monoisotopic (exact) mass is 376 g/mol. The summed E-state index contributed by atoms with van der Waals surface area (Å²) in [5.41, 5.74) is 1.84. The fourth-order valence-electron chi connectivity index (χ4n) is 2.27. The van der Waals surface area contributed by atoms with Crippen LogP contribution in [0.25, 0.3) is 21.3 Å². The van der Waals surface area contributed by atoms with Crippen molar-refractivity contribution in [1.82, 2.24) is 9.97 Å². The Morgan fingerprint density at radius 3 is 2.80 bits per heavy atom. The van der Waals surface area contributed by atoms with Crippen LogP contribution in [-0.4, -0.2) is 27.8 Å². The number of carbonyl (C=O) groups excluding carboxylic acids is 1. The number of thioether (sulfide) groups is 1. The molecule has 0 aliphatic rings. The first-order valence-electron chi connectivity index (χ1n) is 7.89. The maximum absolute atomic E-state index is 13.2. The zero-order chi connectivity index (χ0) is 17.8. The van der Waals surface area contributed by atoms with Gasteiger partial charge in [0.2, 0.25) is 0 Å². The molecule has 0 saturated heterocycles. The standard InChI is InChI=1S/C18H17FN2O2S2/c1-3-11(2)23-15(22)9-25-18-16-14(8-24-17(16)20-10-21-18)12-4-6-13(19)7-5-12/h4-8,10-11H,3,9H2,1-2H3/t11-/m0/s1. The Kier molecular flexibility index (Phi) is 5.65. The Morgan fingerprint density at radius 2 is 2.08 bits per heavy atom. The van der Waals surface area contributed by atoms with E-state index in [1.165, 1.54) is 41.6 Å². The number of hydrogen-bond acceptors (Lipinski definition) is 6. The molecule has 1 atom stereocenters. The van der Waals surface area contributed by atoms with Crippen molar-refractivity contribution in [2.24, 2.45) is 0 Å². The Labute approximate surface area is 153 Å². The van der Waals surface area contributed by atoms with Crippen LogP contribution < -0.4 is 0 Å². The van der Waals surface area contributed by atoms with E-state index in [0.717, 1.165) is 32.8 Å². The Balaban J connectivity index is 1.87. The molecule has 0 unspecified atom stereocenters. The predicted octanol–water partition coefficient (Wildman–Crippen LogP) is 4.93. The van der Waals surface area contributed by atoms with E-state index in [-0.39, 0.29) is 23.6 Å². The zero-order valence-corrected chi connectivity index (χ0v) is 15.5. The fraction of sp³-hybridized carbons (Fsp3) is 0.278. The van der Waals surface area contributed by atoms with Gasteiger partial charge in [0.05, 0.1) is 17.2 Å². The molecule has 3 aromatic rings. The van der Waals surface area contributed by atoms with Crippen molar-refractivity contribution in [1.29, 1.82) is 0 Å². The van der Waals surface area contributed by atoms with E-state index >= 15 is 0 Å². The minimum atomic E-state index is -0.276. The lowest BCUT2D eigenvalue weighted by Gasteiger charge is -2.10. The highest BCUT2D eigenvalue weighted by molar-refractivity contribution is 8.00. The first-order valence-corrected chi connectivity index (χ1v) is 9.75. The van der Waals surface area contributed by atoms with E-state index in [1.807, 2.05) is 19.2 Å². The molecule has 2 heterocycles. The van der Waals surface area contributed by atoms with Gasteiger partial charge in [-0.25, -0.2) is 14.4 Å². The van der Waals surface area contributed by atoms with Gasteiger partial charge in [-0.15, -0.1) is 11.3 Å². The summed E-state index contributed by atoms with van der Waals surface area (Å²) >= 11 is 2.84. The second kappa shape index (κ2) is 7.93. The van der Waals surface area contributed by atoms with Gasteiger partial charge in [0.1, 0.15) is 22.0 Å². The first-order chi connectivity index (χ1) is 12.1. The van der Waals surface area contributed by atoms with Crippen molar-refractivity contribution in [3.8, 4) is 11.1 Å². The highest BCUT2D eigenvalue weighted by Crippen LogP contribution is 2.37. The molecule has 0 spiro atoms. The molecule has 0 N–H and O–H groups in total. The molecule has 130 valence electrons. The molecule has 0 amide bonds. The van der Waals surface area contributed by atoms with Gasteiger partial charge in [0.25, 0.3) is 0 Å². The van der Waals surface area contributed by atoms with E-state index in [4.69, 9.17) is 4.74 Å². The lowest BCUT2D eigenvalue weighted by Crippen LogP contribution is -2.15. The van der Waals surface area contributed by atoms with E-state index in [9.17, 15) is 9.18 Å².